The molecule has 0 spiro atoms. The Hall–Kier alpha value is -4.24. The first-order valence-electron chi connectivity index (χ1n) is 22.3. The van der Waals surface area contributed by atoms with Crippen LogP contribution in [0.1, 0.15) is 104 Å². The summed E-state index contributed by atoms with van der Waals surface area (Å²) in [6, 6.07) is 8.41. The second kappa shape index (κ2) is 22.0. The van der Waals surface area contributed by atoms with E-state index in [1.54, 1.807) is 45.1 Å². The van der Waals surface area contributed by atoms with Crippen molar-refractivity contribution in [1.82, 2.24) is 5.06 Å². The lowest BCUT2D eigenvalue weighted by molar-refractivity contribution is -0.446. The smallest absolute Gasteiger partial charge is 0.333 e. The van der Waals surface area contributed by atoms with Gasteiger partial charge in [-0.1, -0.05) is 13.0 Å². The van der Waals surface area contributed by atoms with Crippen molar-refractivity contribution >= 4 is 76.3 Å². The molecule has 0 aromatic heterocycles. The largest absolute Gasteiger partial charge is 0.383 e. The van der Waals surface area contributed by atoms with Gasteiger partial charge in [0, 0.05) is 79.3 Å². The summed E-state index contributed by atoms with van der Waals surface area (Å²) in [7, 11) is -12.2. The van der Waals surface area contributed by atoms with Crippen molar-refractivity contribution in [2.45, 2.75) is 119 Å². The van der Waals surface area contributed by atoms with Crippen LogP contribution in [-0.2, 0) is 81.0 Å². The summed E-state index contributed by atoms with van der Waals surface area (Å²) in [6.07, 6.45) is 6.50. The normalized spacial score (nSPS) is 21.4. The van der Waals surface area contributed by atoms with Crippen molar-refractivity contribution in [1.29, 1.82) is 0 Å². The lowest BCUT2D eigenvalue weighted by Gasteiger charge is -2.30. The molecule has 3 aliphatic rings. The van der Waals surface area contributed by atoms with Gasteiger partial charge in [0.1, 0.15) is 0 Å². The number of carbonyl (C=O) groups excluding carboxylic acids is 3. The summed E-state index contributed by atoms with van der Waals surface area (Å²) in [6.45, 7) is 10.3. The molecule has 5 rings (SSSR count). The molecule has 69 heavy (non-hydrogen) atoms. The molecular formula is C45H62N3O17S4+. The first kappa shape index (κ1) is 55.7. The fourth-order valence-electron chi connectivity index (χ4n) is 9.14. The van der Waals surface area contributed by atoms with E-state index in [2.05, 4.69) is 0 Å². The Morgan fingerprint density at radius 2 is 1.52 bits per heavy atom. The molecule has 4 unspecified atom stereocenters. The van der Waals surface area contributed by atoms with E-state index in [0.29, 0.717) is 51.9 Å². The van der Waals surface area contributed by atoms with Crippen LogP contribution in [0.2, 0.25) is 0 Å². The summed E-state index contributed by atoms with van der Waals surface area (Å²) >= 11 is -2.14. The van der Waals surface area contributed by atoms with Gasteiger partial charge in [-0.05, 0) is 108 Å². The maximum absolute atomic E-state index is 12.5. The Kier molecular flexibility index (Phi) is 17.8. The molecule has 3 aliphatic heterocycles. The molecular weight excluding hydrogens is 983 g/mol. The summed E-state index contributed by atoms with van der Waals surface area (Å²) in [5.41, 5.74) is 0.541. The lowest BCUT2D eigenvalue weighted by Crippen LogP contribution is -2.34. The number of methoxy groups -OCH3 is 1. The Morgan fingerprint density at radius 3 is 2.12 bits per heavy atom. The van der Waals surface area contributed by atoms with Gasteiger partial charge in [0.05, 0.1) is 39.6 Å². The highest BCUT2D eigenvalue weighted by atomic mass is 32.2. The van der Waals surface area contributed by atoms with Gasteiger partial charge in [-0.2, -0.15) is 29.8 Å². The second-order valence-corrected chi connectivity index (χ2v) is 24.1. The number of benzene rings is 2. The third-order valence-corrected chi connectivity index (χ3v) is 16.0. The van der Waals surface area contributed by atoms with E-state index >= 15 is 0 Å². The zero-order valence-corrected chi connectivity index (χ0v) is 42.7. The van der Waals surface area contributed by atoms with Gasteiger partial charge >= 0.3 is 5.97 Å². The topological polar surface area (TPSA) is 289 Å². The monoisotopic (exact) mass is 1040 g/mol. The van der Waals surface area contributed by atoms with Crippen LogP contribution < -0.4 is 4.90 Å². The number of fused-ring (bicyclic) bond motifs is 2. The molecule has 1 saturated heterocycles. The van der Waals surface area contributed by atoms with Gasteiger partial charge in [-0.3, -0.25) is 23.2 Å². The van der Waals surface area contributed by atoms with E-state index in [4.69, 9.17) is 14.3 Å². The molecule has 0 saturated carbocycles. The van der Waals surface area contributed by atoms with E-state index < -0.39 is 81.4 Å². The van der Waals surface area contributed by atoms with Crippen molar-refractivity contribution in [2.24, 2.45) is 5.92 Å². The number of imide groups is 1. The number of anilines is 1. The first-order chi connectivity index (χ1) is 32.0. The van der Waals surface area contributed by atoms with Crippen molar-refractivity contribution in [3.63, 3.8) is 0 Å². The van der Waals surface area contributed by atoms with Crippen LogP contribution in [0.4, 0.5) is 11.4 Å². The standard InChI is InChI=1S/C45H61N3O17S4/c1-31(19-24-64-43(2,3)22-18-42(51)65-48-40(49)16-17-41(48)50)30-47-37-15-13-33(69(60,61)62)29-35(37)44(4,20-8-26-66(52)53)39(47)11-7-10-38-45(5,21-9-27-67(54,55)56)34-28-32(68(57,58)59)12-14-36(34)46(38)23-25-63-6/h7,10-15,28-29,31H,8-9,16-27,30H2,1-6H3,(H3-,52,53,54,55,56,57,58,59,60,61,62)/p+1. The van der Waals surface area contributed by atoms with Gasteiger partial charge in [0.25, 0.3) is 42.2 Å². The van der Waals surface area contributed by atoms with Crippen molar-refractivity contribution in [3.05, 3.63) is 71.5 Å². The van der Waals surface area contributed by atoms with Crippen LogP contribution >= 0.6 is 0 Å². The minimum Gasteiger partial charge on any atom is -0.383 e. The Bertz CT molecular complexity index is 2760. The molecule has 24 heteroatoms. The molecule has 1 fully saturated rings. The van der Waals surface area contributed by atoms with Crippen LogP contribution in [0.25, 0.3) is 0 Å². The summed E-state index contributed by atoms with van der Waals surface area (Å²) in [5, 5.41) is 0.498. The molecule has 382 valence electrons. The Labute approximate surface area is 406 Å². The highest BCUT2D eigenvalue weighted by Crippen LogP contribution is 2.51. The molecule has 2 aromatic rings. The number of hydrogen-bond donors (Lipinski definition) is 4. The fraction of sp³-hybridized carbons (Fsp3) is 0.556. The maximum Gasteiger partial charge on any atom is 0.333 e. The maximum atomic E-state index is 12.5. The van der Waals surface area contributed by atoms with Crippen LogP contribution in [-0.4, -0.2) is 131 Å². The van der Waals surface area contributed by atoms with Crippen LogP contribution in [0.3, 0.4) is 0 Å². The second-order valence-electron chi connectivity index (χ2n) is 18.6. The van der Waals surface area contributed by atoms with Crippen LogP contribution in [0.15, 0.2) is 70.1 Å². The minimum atomic E-state index is -4.67. The van der Waals surface area contributed by atoms with E-state index in [1.807, 2.05) is 29.4 Å². The molecule has 20 nitrogen and oxygen atoms in total. The van der Waals surface area contributed by atoms with Gasteiger partial charge < -0.3 is 23.8 Å². The summed E-state index contributed by atoms with van der Waals surface area (Å²) < 4.78 is 139. The lowest BCUT2D eigenvalue weighted by atomic mass is 9.75. The van der Waals surface area contributed by atoms with Crippen LogP contribution in [0.5, 0.6) is 0 Å². The zero-order valence-electron chi connectivity index (χ0n) is 39.5. The van der Waals surface area contributed by atoms with E-state index in [9.17, 15) is 62.1 Å². The predicted molar refractivity (Wildman–Crippen MR) is 254 cm³/mol. The molecule has 0 aliphatic carbocycles. The highest BCUT2D eigenvalue weighted by molar-refractivity contribution is 7.86. The predicted octanol–water partition coefficient (Wildman–Crippen LogP) is 5.28. The minimum absolute atomic E-state index is 0.0242. The third kappa shape index (κ3) is 13.8. The van der Waals surface area contributed by atoms with Gasteiger partial charge in [0.2, 0.25) is 5.69 Å². The number of hydrogen-bond acceptors (Lipinski definition) is 14. The average Bonchev–Trinajstić information content (AvgIpc) is 3.76. The molecule has 4 atom stereocenters. The van der Waals surface area contributed by atoms with Crippen molar-refractivity contribution < 1.29 is 80.9 Å². The molecule has 0 radical (unpaired) electrons. The SMILES string of the molecule is COCCN1C(=CC=CC2=[N+](CC(C)CCOC(C)(C)CCC(=O)ON3C(=O)CCC3=O)c3ccc(S(=O)(=O)O)cc3C2(C)CCCS(=O)O)C(C)(CCCS(=O)(=O)O)c2cc(S(=O)(=O)O)ccc21. The van der Waals surface area contributed by atoms with Gasteiger partial charge in [-0.25, -0.2) is 9.00 Å². The average molecular weight is 1050 g/mol. The summed E-state index contributed by atoms with van der Waals surface area (Å²) in [4.78, 5) is 42.5. The van der Waals surface area contributed by atoms with E-state index in [-0.39, 0.29) is 92.6 Å². The number of nitrogens with zero attached hydrogens (tertiary/aromatic N) is 3. The number of allylic oxidation sites excluding steroid dienone is 4. The first-order valence-corrected chi connectivity index (χ1v) is 28.0. The highest BCUT2D eigenvalue weighted by Gasteiger charge is 2.49. The Balaban J connectivity index is 1.54. The van der Waals surface area contributed by atoms with Gasteiger partial charge in [-0.15, -0.1) is 5.06 Å². The zero-order chi connectivity index (χ0) is 51.3. The fourth-order valence-corrected chi connectivity index (χ4v) is 11.1. The van der Waals surface area contributed by atoms with E-state index in [1.165, 1.54) is 31.4 Å². The molecule has 0 bridgehead atoms. The molecule has 2 aromatic carbocycles. The number of rotatable bonds is 25. The van der Waals surface area contributed by atoms with Crippen molar-refractivity contribution in [2.75, 3.05) is 49.8 Å². The summed E-state index contributed by atoms with van der Waals surface area (Å²) in [5.74, 6) is -2.68. The van der Waals surface area contributed by atoms with Crippen LogP contribution in [0, 0.1) is 5.92 Å². The molecule has 3 heterocycles. The number of ether oxygens (including phenoxy) is 2. The Morgan fingerprint density at radius 1 is 0.913 bits per heavy atom. The molecule has 4 N–H and O–H groups in total. The quantitative estimate of drug-likeness (QED) is 0.0426. The molecule has 2 amide bonds. The third-order valence-electron chi connectivity index (χ3n) is 12.8. The number of carbonyl (C=O) groups is 3. The number of amides is 2. The van der Waals surface area contributed by atoms with Gasteiger partial charge in [0.15, 0.2) is 23.3 Å². The van der Waals surface area contributed by atoms with E-state index in [0.717, 1.165) is 0 Å². The number of hydroxylamine groups is 2. The van der Waals surface area contributed by atoms with Crippen molar-refractivity contribution in [3.8, 4) is 0 Å².